The molecule has 2 N–H and O–H groups in total. The molecule has 1 saturated heterocycles. The first-order valence-corrected chi connectivity index (χ1v) is 9.48. The normalized spacial score (nSPS) is 28.4. The number of alkyl halides is 1. The molecule has 0 aromatic carbocycles. The van der Waals surface area contributed by atoms with Crippen molar-refractivity contribution >= 4 is 38.6 Å². The lowest BCUT2D eigenvalue weighted by molar-refractivity contribution is -0.149. The van der Waals surface area contributed by atoms with Crippen LogP contribution in [0.15, 0.2) is 11.3 Å². The van der Waals surface area contributed by atoms with Gasteiger partial charge in [0.05, 0.1) is 16.6 Å². The molecule has 2 aliphatic heterocycles. The van der Waals surface area contributed by atoms with Gasteiger partial charge in [0.1, 0.15) is 17.1 Å². The van der Waals surface area contributed by atoms with Crippen LogP contribution in [0.25, 0.3) is 0 Å². The molecule has 2 heterocycles. The molecule has 2 rings (SSSR count). The van der Waals surface area contributed by atoms with E-state index in [1.807, 2.05) is 0 Å². The lowest BCUT2D eigenvalue weighted by Gasteiger charge is -2.49. The van der Waals surface area contributed by atoms with E-state index in [0.29, 0.717) is 17.4 Å². The van der Waals surface area contributed by atoms with E-state index >= 15 is 0 Å². The van der Waals surface area contributed by atoms with E-state index in [1.165, 1.54) is 4.90 Å². The highest BCUT2D eigenvalue weighted by Gasteiger charge is 2.56. The number of carbonyl (C=O) groups is 2. The summed E-state index contributed by atoms with van der Waals surface area (Å²) in [6, 6.07) is -0.520. The molecule has 0 aromatic rings. The Morgan fingerprint density at radius 1 is 1.52 bits per heavy atom. The minimum Gasteiger partial charge on any atom is -0.477 e. The predicted molar refractivity (Wildman–Crippen MR) is 83.4 cm³/mol. The molecule has 118 valence electrons. The molecule has 0 aliphatic carbocycles. The average molecular weight is 379 g/mol. The first kappa shape index (κ1) is 16.6. The van der Waals surface area contributed by atoms with E-state index in [1.54, 1.807) is 0 Å². The third-order valence-electron chi connectivity index (χ3n) is 3.71. The number of hydrogen-bond acceptors (Lipinski definition) is 4. The van der Waals surface area contributed by atoms with Gasteiger partial charge >= 0.3 is 5.97 Å². The van der Waals surface area contributed by atoms with Crippen molar-refractivity contribution in [3.63, 3.8) is 0 Å². The van der Waals surface area contributed by atoms with Crippen LogP contribution in [0.1, 0.15) is 26.2 Å². The molecule has 6 nitrogen and oxygen atoms in total. The number of halogens is 1. The van der Waals surface area contributed by atoms with E-state index in [2.05, 4.69) is 28.2 Å². The maximum Gasteiger partial charge on any atom is 0.352 e. The fourth-order valence-corrected chi connectivity index (χ4v) is 5.08. The Balaban J connectivity index is 2.12. The average Bonchev–Trinajstić information content (AvgIpc) is 2.45. The number of aliphatic carboxylic acids is 1. The molecule has 8 heteroatoms. The zero-order valence-corrected chi connectivity index (χ0v) is 14.2. The molecular weight excluding hydrogens is 360 g/mol. The molecule has 0 spiro atoms. The zero-order valence-electron chi connectivity index (χ0n) is 11.8. The van der Waals surface area contributed by atoms with Gasteiger partial charge < -0.3 is 10.4 Å². The van der Waals surface area contributed by atoms with Gasteiger partial charge in [-0.25, -0.2) is 4.79 Å². The summed E-state index contributed by atoms with van der Waals surface area (Å²) in [4.78, 5) is 24.8. The van der Waals surface area contributed by atoms with Crippen LogP contribution >= 0.6 is 15.9 Å². The molecule has 1 unspecified atom stereocenters. The van der Waals surface area contributed by atoms with E-state index in [-0.39, 0.29) is 17.4 Å². The monoisotopic (exact) mass is 378 g/mol. The highest BCUT2D eigenvalue weighted by molar-refractivity contribution is 9.09. The standard InChI is InChI=1S/C13H19BrN2O4S/c1-2-3-4-5-15-9-11(17)16-10(13(18)19)8(6-14)7-21(20)12(9)16/h9,12,15H,2-7H2,1H3,(H,18,19)/t9-,12-,21?/m1/s1. The van der Waals surface area contributed by atoms with E-state index in [4.69, 9.17) is 0 Å². The third-order valence-corrected chi connectivity index (χ3v) is 6.04. The van der Waals surface area contributed by atoms with Crippen LogP contribution in [-0.4, -0.2) is 55.1 Å². The zero-order chi connectivity index (χ0) is 15.6. The molecule has 1 fully saturated rings. The summed E-state index contributed by atoms with van der Waals surface area (Å²) in [5.41, 5.74) is 0.503. The molecule has 0 radical (unpaired) electrons. The SMILES string of the molecule is CCCCCN[C@@H]1C(=O)N2C(C(=O)O)=C(CBr)CS(=O)[C@H]12. The van der Waals surface area contributed by atoms with Crippen molar-refractivity contribution in [1.29, 1.82) is 0 Å². The maximum absolute atomic E-state index is 12.3. The Kier molecular flexibility index (Phi) is 5.56. The number of rotatable bonds is 7. The van der Waals surface area contributed by atoms with E-state index in [9.17, 15) is 18.9 Å². The highest BCUT2D eigenvalue weighted by atomic mass is 79.9. The largest absolute Gasteiger partial charge is 0.477 e. The predicted octanol–water partition coefficient (Wildman–Crippen LogP) is 0.799. The van der Waals surface area contributed by atoms with Crippen molar-refractivity contribution < 1.29 is 18.9 Å². The Labute approximate surface area is 134 Å². The van der Waals surface area contributed by atoms with Crippen LogP contribution in [0.2, 0.25) is 0 Å². The number of amides is 1. The molecular formula is C13H19BrN2O4S. The first-order chi connectivity index (χ1) is 10.0. The van der Waals surface area contributed by atoms with Crippen LogP contribution in [0.4, 0.5) is 0 Å². The fraction of sp³-hybridized carbons (Fsp3) is 0.692. The van der Waals surface area contributed by atoms with Gasteiger partial charge in [0.25, 0.3) is 0 Å². The quantitative estimate of drug-likeness (QED) is 0.388. The molecule has 3 atom stereocenters. The molecule has 2 aliphatic rings. The molecule has 0 saturated carbocycles. The summed E-state index contributed by atoms with van der Waals surface area (Å²) in [6.07, 6.45) is 3.11. The lowest BCUT2D eigenvalue weighted by Crippen LogP contribution is -2.73. The number of carboxylic acid groups (broad SMARTS) is 1. The number of carboxylic acids is 1. The lowest BCUT2D eigenvalue weighted by atomic mass is 10.0. The molecule has 1 amide bonds. The Morgan fingerprint density at radius 3 is 2.81 bits per heavy atom. The van der Waals surface area contributed by atoms with Gasteiger partial charge in [-0.1, -0.05) is 35.7 Å². The Bertz CT molecular complexity index is 508. The van der Waals surface area contributed by atoms with E-state index < -0.39 is 28.2 Å². The second-order valence-electron chi connectivity index (χ2n) is 5.15. The second kappa shape index (κ2) is 7.02. The van der Waals surface area contributed by atoms with Crippen LogP contribution in [0.5, 0.6) is 0 Å². The van der Waals surface area contributed by atoms with Crippen LogP contribution in [-0.2, 0) is 20.4 Å². The number of carbonyl (C=O) groups excluding carboxylic acids is 1. The molecule has 0 aromatic heterocycles. The summed E-state index contributed by atoms with van der Waals surface area (Å²) >= 11 is 3.20. The summed E-state index contributed by atoms with van der Waals surface area (Å²) in [7, 11) is -1.26. The van der Waals surface area contributed by atoms with Crippen molar-refractivity contribution in [2.24, 2.45) is 0 Å². The highest BCUT2D eigenvalue weighted by Crippen LogP contribution is 2.35. The Hall–Kier alpha value is -0.730. The van der Waals surface area contributed by atoms with Crippen LogP contribution < -0.4 is 5.32 Å². The minimum atomic E-state index is -1.26. The fourth-order valence-electron chi connectivity index (χ4n) is 2.64. The number of hydrogen-bond donors (Lipinski definition) is 2. The summed E-state index contributed by atoms with van der Waals surface area (Å²) < 4.78 is 12.3. The summed E-state index contributed by atoms with van der Waals surface area (Å²) in [5, 5.41) is 12.2. The summed E-state index contributed by atoms with van der Waals surface area (Å²) in [6.45, 7) is 2.78. The van der Waals surface area contributed by atoms with Crippen LogP contribution in [0.3, 0.4) is 0 Å². The van der Waals surface area contributed by atoms with Gasteiger partial charge in [-0.15, -0.1) is 0 Å². The minimum absolute atomic E-state index is 0.00640. The van der Waals surface area contributed by atoms with Gasteiger partial charge in [-0.3, -0.25) is 13.9 Å². The topological polar surface area (TPSA) is 86.7 Å². The molecule has 0 bridgehead atoms. The first-order valence-electron chi connectivity index (χ1n) is 6.97. The van der Waals surface area contributed by atoms with Gasteiger partial charge in [-0.05, 0) is 18.5 Å². The maximum atomic E-state index is 12.3. The van der Waals surface area contributed by atoms with Gasteiger partial charge in [0, 0.05) is 5.33 Å². The van der Waals surface area contributed by atoms with Crippen molar-refractivity contribution in [2.45, 2.75) is 37.6 Å². The van der Waals surface area contributed by atoms with Crippen molar-refractivity contribution in [2.75, 3.05) is 17.6 Å². The number of nitrogens with zero attached hydrogens (tertiary/aromatic N) is 1. The number of unbranched alkanes of at least 4 members (excludes halogenated alkanes) is 2. The Morgan fingerprint density at radius 2 is 2.24 bits per heavy atom. The van der Waals surface area contributed by atoms with Gasteiger partial charge in [-0.2, -0.15) is 0 Å². The van der Waals surface area contributed by atoms with Crippen molar-refractivity contribution in [3.8, 4) is 0 Å². The molecule has 21 heavy (non-hydrogen) atoms. The van der Waals surface area contributed by atoms with Gasteiger partial charge in [0.15, 0.2) is 0 Å². The number of nitrogens with one attached hydrogen (secondary N) is 1. The number of fused-ring (bicyclic) bond motifs is 1. The number of β-lactam (4-membered cyclic amide) rings is 1. The third kappa shape index (κ3) is 3.07. The smallest absolute Gasteiger partial charge is 0.352 e. The summed E-state index contributed by atoms with van der Waals surface area (Å²) in [5.74, 6) is -1.22. The van der Waals surface area contributed by atoms with Gasteiger partial charge in [0.2, 0.25) is 5.91 Å². The van der Waals surface area contributed by atoms with E-state index in [0.717, 1.165) is 19.3 Å². The van der Waals surface area contributed by atoms with Crippen LogP contribution in [0, 0.1) is 0 Å². The second-order valence-corrected chi connectivity index (χ2v) is 7.25. The van der Waals surface area contributed by atoms with Crippen molar-refractivity contribution in [3.05, 3.63) is 11.3 Å². The van der Waals surface area contributed by atoms with Crippen molar-refractivity contribution in [1.82, 2.24) is 10.2 Å².